The van der Waals surface area contributed by atoms with Gasteiger partial charge < -0.3 is 14.8 Å². The molecule has 1 heterocycles. The van der Waals surface area contributed by atoms with Crippen LogP contribution in [-0.4, -0.2) is 27.7 Å². The first kappa shape index (κ1) is 21.7. The Morgan fingerprint density at radius 3 is 2.47 bits per heavy atom. The molecule has 0 radical (unpaired) electrons. The van der Waals surface area contributed by atoms with E-state index < -0.39 is 15.9 Å². The summed E-state index contributed by atoms with van der Waals surface area (Å²) >= 11 is 0. The molecule has 1 amide bonds. The maximum atomic E-state index is 13.4. The number of aryl methyl sites for hydroxylation is 2. The molecule has 0 atom stereocenters. The minimum Gasteiger partial charge on any atom is -0.454 e. The molecular formula is C24H24N2O5S. The Hall–Kier alpha value is -3.52. The predicted molar refractivity (Wildman–Crippen MR) is 121 cm³/mol. The summed E-state index contributed by atoms with van der Waals surface area (Å²) in [5.74, 6) is 0.873. The van der Waals surface area contributed by atoms with E-state index in [9.17, 15) is 13.2 Å². The van der Waals surface area contributed by atoms with Crippen molar-refractivity contribution in [3.8, 4) is 11.5 Å². The molecule has 1 N–H and O–H groups in total. The fourth-order valence-corrected chi connectivity index (χ4v) is 5.05. The Kier molecular flexibility index (Phi) is 6.05. The number of benzene rings is 3. The van der Waals surface area contributed by atoms with Crippen LogP contribution in [0, 0.1) is 13.8 Å². The lowest BCUT2D eigenvalue weighted by Gasteiger charge is -2.26. The number of amides is 1. The highest BCUT2D eigenvalue weighted by molar-refractivity contribution is 7.92. The van der Waals surface area contributed by atoms with Gasteiger partial charge >= 0.3 is 0 Å². The van der Waals surface area contributed by atoms with Crippen LogP contribution in [-0.2, 0) is 21.4 Å². The highest BCUT2D eigenvalue weighted by Crippen LogP contribution is 2.32. The van der Waals surface area contributed by atoms with Crippen molar-refractivity contribution in [3.05, 3.63) is 83.4 Å². The van der Waals surface area contributed by atoms with Gasteiger partial charge in [0.25, 0.3) is 10.0 Å². The zero-order chi connectivity index (χ0) is 22.7. The van der Waals surface area contributed by atoms with Crippen molar-refractivity contribution < 1.29 is 22.7 Å². The number of nitrogens with one attached hydrogen (secondary N) is 1. The van der Waals surface area contributed by atoms with Crippen molar-refractivity contribution >= 4 is 21.6 Å². The molecule has 0 spiro atoms. The van der Waals surface area contributed by atoms with Gasteiger partial charge in [0, 0.05) is 6.54 Å². The number of carbonyl (C=O) groups is 1. The average molecular weight is 453 g/mol. The van der Waals surface area contributed by atoms with Crippen molar-refractivity contribution in [2.24, 2.45) is 0 Å². The minimum atomic E-state index is -3.94. The van der Waals surface area contributed by atoms with Crippen LogP contribution in [0.15, 0.2) is 71.6 Å². The average Bonchev–Trinajstić information content (AvgIpc) is 3.25. The zero-order valence-electron chi connectivity index (χ0n) is 17.9. The lowest BCUT2D eigenvalue weighted by atomic mass is 10.1. The number of ether oxygens (including phenoxy) is 2. The summed E-state index contributed by atoms with van der Waals surface area (Å²) in [5.41, 5.74) is 3.08. The maximum absolute atomic E-state index is 13.4. The van der Waals surface area contributed by atoms with E-state index in [0.29, 0.717) is 17.2 Å². The predicted octanol–water partition coefficient (Wildman–Crippen LogP) is 3.54. The summed E-state index contributed by atoms with van der Waals surface area (Å²) in [6.07, 6.45) is 0. The summed E-state index contributed by atoms with van der Waals surface area (Å²) in [6.45, 7) is 3.84. The monoisotopic (exact) mass is 452 g/mol. The third-order valence-corrected chi connectivity index (χ3v) is 6.94. The number of rotatable bonds is 7. The summed E-state index contributed by atoms with van der Waals surface area (Å²) in [5, 5.41) is 2.80. The molecule has 1 aliphatic heterocycles. The molecule has 32 heavy (non-hydrogen) atoms. The topological polar surface area (TPSA) is 84.9 Å². The van der Waals surface area contributed by atoms with E-state index in [2.05, 4.69) is 5.32 Å². The second-order valence-electron chi connectivity index (χ2n) is 7.58. The normalized spacial score (nSPS) is 12.4. The van der Waals surface area contributed by atoms with Gasteiger partial charge in [-0.2, -0.15) is 0 Å². The molecule has 3 aromatic carbocycles. The smallest absolute Gasteiger partial charge is 0.264 e. The van der Waals surface area contributed by atoms with Crippen LogP contribution in [0.4, 0.5) is 5.69 Å². The molecule has 166 valence electrons. The van der Waals surface area contributed by atoms with E-state index >= 15 is 0 Å². The Labute approximate surface area is 187 Å². The van der Waals surface area contributed by atoms with E-state index in [-0.39, 0.29) is 24.8 Å². The van der Waals surface area contributed by atoms with Crippen LogP contribution in [0.5, 0.6) is 11.5 Å². The summed E-state index contributed by atoms with van der Waals surface area (Å²) < 4.78 is 38.7. The molecule has 0 aliphatic carbocycles. The molecular weight excluding hydrogens is 428 g/mol. The van der Waals surface area contributed by atoms with Gasteiger partial charge in [-0.15, -0.1) is 0 Å². The van der Waals surface area contributed by atoms with Crippen LogP contribution in [0.25, 0.3) is 0 Å². The third-order valence-electron chi connectivity index (χ3n) is 5.17. The number of sulfonamides is 1. The van der Waals surface area contributed by atoms with E-state index in [4.69, 9.17) is 9.47 Å². The molecule has 3 aromatic rings. The molecule has 1 aliphatic rings. The quantitative estimate of drug-likeness (QED) is 0.593. The van der Waals surface area contributed by atoms with Crippen LogP contribution in [0.3, 0.4) is 0 Å². The molecule has 0 saturated heterocycles. The molecule has 0 aromatic heterocycles. The largest absolute Gasteiger partial charge is 0.454 e. The number of carbonyl (C=O) groups excluding carboxylic acids is 1. The fraction of sp³-hybridized carbons (Fsp3) is 0.208. The van der Waals surface area contributed by atoms with Gasteiger partial charge in [-0.1, -0.05) is 42.0 Å². The van der Waals surface area contributed by atoms with Gasteiger partial charge in [-0.3, -0.25) is 9.10 Å². The van der Waals surface area contributed by atoms with E-state index in [1.807, 2.05) is 32.0 Å². The van der Waals surface area contributed by atoms with Crippen LogP contribution >= 0.6 is 0 Å². The lowest BCUT2D eigenvalue weighted by Crippen LogP contribution is -2.41. The Morgan fingerprint density at radius 2 is 1.72 bits per heavy atom. The molecule has 4 rings (SSSR count). The van der Waals surface area contributed by atoms with Gasteiger partial charge in [-0.05, 0) is 55.3 Å². The van der Waals surface area contributed by atoms with E-state index in [1.165, 1.54) is 12.1 Å². The summed E-state index contributed by atoms with van der Waals surface area (Å²) in [6, 6.07) is 19.0. The number of anilines is 1. The van der Waals surface area contributed by atoms with Gasteiger partial charge in [0.15, 0.2) is 11.5 Å². The summed E-state index contributed by atoms with van der Waals surface area (Å²) in [7, 11) is -3.94. The molecule has 0 fully saturated rings. The standard InChI is InChI=1S/C24H24N2O5S/c1-17-8-10-21(18(2)12-17)26(32(28,29)20-6-4-3-5-7-20)15-24(27)25-14-19-9-11-22-23(13-19)31-16-30-22/h3-13H,14-16H2,1-2H3,(H,25,27). The number of fused-ring (bicyclic) bond motifs is 1. The van der Waals surface area contributed by atoms with Crippen LogP contribution in [0.2, 0.25) is 0 Å². The first-order valence-electron chi connectivity index (χ1n) is 10.1. The minimum absolute atomic E-state index is 0.128. The van der Waals surface area contributed by atoms with Crippen molar-refractivity contribution in [3.63, 3.8) is 0 Å². The number of hydrogen-bond donors (Lipinski definition) is 1. The zero-order valence-corrected chi connectivity index (χ0v) is 18.7. The second-order valence-corrected chi connectivity index (χ2v) is 9.44. The van der Waals surface area contributed by atoms with Crippen molar-refractivity contribution in [1.82, 2.24) is 5.32 Å². The highest BCUT2D eigenvalue weighted by Gasteiger charge is 2.28. The van der Waals surface area contributed by atoms with Crippen molar-refractivity contribution in [2.75, 3.05) is 17.6 Å². The lowest BCUT2D eigenvalue weighted by molar-refractivity contribution is -0.119. The first-order chi connectivity index (χ1) is 15.3. The van der Waals surface area contributed by atoms with Crippen LogP contribution in [0.1, 0.15) is 16.7 Å². The second kappa shape index (κ2) is 8.92. The number of hydrogen-bond acceptors (Lipinski definition) is 5. The van der Waals surface area contributed by atoms with Gasteiger partial charge in [0.1, 0.15) is 6.54 Å². The Balaban J connectivity index is 1.57. The summed E-state index contributed by atoms with van der Waals surface area (Å²) in [4.78, 5) is 12.9. The molecule has 8 heteroatoms. The van der Waals surface area contributed by atoms with Gasteiger partial charge in [0.2, 0.25) is 12.7 Å². The molecule has 0 bridgehead atoms. The first-order valence-corrected chi connectivity index (χ1v) is 11.6. The maximum Gasteiger partial charge on any atom is 0.264 e. The number of nitrogens with zero attached hydrogens (tertiary/aromatic N) is 1. The SMILES string of the molecule is Cc1ccc(N(CC(=O)NCc2ccc3c(c2)OCO3)S(=O)(=O)c2ccccc2)c(C)c1. The van der Waals surface area contributed by atoms with Gasteiger partial charge in [-0.25, -0.2) is 8.42 Å². The van der Waals surface area contributed by atoms with Crippen molar-refractivity contribution in [1.29, 1.82) is 0 Å². The molecule has 7 nitrogen and oxygen atoms in total. The Morgan fingerprint density at radius 1 is 0.969 bits per heavy atom. The molecule has 0 unspecified atom stereocenters. The Bertz CT molecular complexity index is 1240. The van der Waals surface area contributed by atoms with Crippen molar-refractivity contribution in [2.45, 2.75) is 25.3 Å². The van der Waals surface area contributed by atoms with E-state index in [0.717, 1.165) is 21.0 Å². The fourth-order valence-electron chi connectivity index (χ4n) is 3.54. The van der Waals surface area contributed by atoms with Gasteiger partial charge in [0.05, 0.1) is 10.6 Å². The van der Waals surface area contributed by atoms with Crippen LogP contribution < -0.4 is 19.1 Å². The molecule has 0 saturated carbocycles. The highest BCUT2D eigenvalue weighted by atomic mass is 32.2. The third kappa shape index (κ3) is 4.55. The van der Waals surface area contributed by atoms with E-state index in [1.54, 1.807) is 36.4 Å².